The Morgan fingerprint density at radius 2 is 1.54 bits per heavy atom. The van der Waals surface area contributed by atoms with E-state index in [0.29, 0.717) is 5.56 Å². The van der Waals surface area contributed by atoms with E-state index in [1.807, 2.05) is 54.6 Å². The third-order valence-electron chi connectivity index (χ3n) is 4.52. The van der Waals surface area contributed by atoms with Crippen LogP contribution in [0.5, 0.6) is 0 Å². The van der Waals surface area contributed by atoms with Crippen LogP contribution in [0.4, 0.5) is 0 Å². The van der Waals surface area contributed by atoms with Crippen LogP contribution in [-0.4, -0.2) is 37.4 Å². The molecule has 5 nitrogen and oxygen atoms in total. The Bertz CT molecular complexity index is 924. The minimum atomic E-state index is -1.30. The van der Waals surface area contributed by atoms with Gasteiger partial charge in [-0.05, 0) is 34.5 Å². The van der Waals surface area contributed by atoms with Crippen molar-refractivity contribution in [2.45, 2.75) is 6.92 Å². The Labute approximate surface area is 151 Å². The van der Waals surface area contributed by atoms with Gasteiger partial charge in [-0.3, -0.25) is 4.79 Å². The van der Waals surface area contributed by atoms with Crippen LogP contribution >= 0.6 is 0 Å². The van der Waals surface area contributed by atoms with Gasteiger partial charge >= 0.3 is 11.9 Å². The third kappa shape index (κ3) is 3.13. The summed E-state index contributed by atoms with van der Waals surface area (Å²) in [4.78, 5) is 24.8. The molecule has 0 aliphatic carbocycles. The van der Waals surface area contributed by atoms with Crippen LogP contribution in [0.25, 0.3) is 21.5 Å². The van der Waals surface area contributed by atoms with E-state index in [0.717, 1.165) is 21.5 Å². The second-order valence-electron chi connectivity index (χ2n) is 6.48. The van der Waals surface area contributed by atoms with Crippen molar-refractivity contribution in [3.05, 3.63) is 60.2 Å². The summed E-state index contributed by atoms with van der Waals surface area (Å²) in [5.74, 6) is -1.17. The largest absolute Gasteiger partial charge is 0.468 e. The molecule has 0 aliphatic rings. The number of carbonyl (C=O) groups is 2. The van der Waals surface area contributed by atoms with Gasteiger partial charge < -0.3 is 14.6 Å². The summed E-state index contributed by atoms with van der Waals surface area (Å²) in [5.41, 5.74) is -0.853. The van der Waals surface area contributed by atoms with Crippen LogP contribution in [-0.2, 0) is 14.3 Å². The Kier molecular flexibility index (Phi) is 4.91. The van der Waals surface area contributed by atoms with Gasteiger partial charge in [-0.15, -0.1) is 0 Å². The maximum absolute atomic E-state index is 12.9. The molecule has 3 aromatic rings. The maximum atomic E-state index is 12.9. The van der Waals surface area contributed by atoms with E-state index in [-0.39, 0.29) is 6.61 Å². The van der Waals surface area contributed by atoms with Crippen LogP contribution < -0.4 is 0 Å². The summed E-state index contributed by atoms with van der Waals surface area (Å²) in [6.45, 7) is 0.739. The van der Waals surface area contributed by atoms with Crippen LogP contribution in [0, 0.1) is 5.41 Å². The van der Waals surface area contributed by atoms with E-state index in [2.05, 4.69) is 0 Å². The predicted molar refractivity (Wildman–Crippen MR) is 98.9 cm³/mol. The molecule has 0 aliphatic heterocycles. The molecule has 0 amide bonds. The molecule has 0 bridgehead atoms. The highest BCUT2D eigenvalue weighted by molar-refractivity contribution is 6.16. The van der Waals surface area contributed by atoms with Crippen molar-refractivity contribution in [1.82, 2.24) is 0 Å². The van der Waals surface area contributed by atoms with E-state index in [1.54, 1.807) is 0 Å². The lowest BCUT2D eigenvalue weighted by Crippen LogP contribution is -2.38. The first-order valence-corrected chi connectivity index (χ1v) is 8.27. The Morgan fingerprint density at radius 3 is 2.04 bits per heavy atom. The molecule has 134 valence electrons. The topological polar surface area (TPSA) is 72.8 Å². The highest BCUT2D eigenvalue weighted by Crippen LogP contribution is 2.29. The molecule has 0 saturated carbocycles. The number of fused-ring (bicyclic) bond motifs is 2. The standard InChI is InChI=1S/C21H20O5/c1-21(12-22,20(24)25-2)13-26-19(23)18-16-9-5-3-7-14(16)11-15-8-4-6-10-17(15)18/h3-11,22H,12-13H2,1-2H3. The Morgan fingerprint density at radius 1 is 1.00 bits per heavy atom. The Balaban J connectivity index is 2.03. The lowest BCUT2D eigenvalue weighted by molar-refractivity contribution is -0.156. The average Bonchev–Trinajstić information content (AvgIpc) is 2.69. The second kappa shape index (κ2) is 7.14. The van der Waals surface area contributed by atoms with E-state index in [1.165, 1.54) is 14.0 Å². The van der Waals surface area contributed by atoms with Crippen LogP contribution in [0.2, 0.25) is 0 Å². The number of rotatable bonds is 5. The van der Waals surface area contributed by atoms with Crippen molar-refractivity contribution < 1.29 is 24.2 Å². The van der Waals surface area contributed by atoms with E-state index in [9.17, 15) is 14.7 Å². The van der Waals surface area contributed by atoms with Crippen LogP contribution in [0.1, 0.15) is 17.3 Å². The molecule has 5 heteroatoms. The number of methoxy groups -OCH3 is 1. The number of esters is 2. The zero-order valence-electron chi connectivity index (χ0n) is 14.7. The lowest BCUT2D eigenvalue weighted by Gasteiger charge is -2.23. The van der Waals surface area contributed by atoms with Gasteiger partial charge in [0.25, 0.3) is 0 Å². The van der Waals surface area contributed by atoms with Crippen molar-refractivity contribution in [3.63, 3.8) is 0 Å². The summed E-state index contributed by atoms with van der Waals surface area (Å²) in [7, 11) is 1.23. The molecular weight excluding hydrogens is 332 g/mol. The molecule has 1 unspecified atom stereocenters. The molecule has 1 atom stereocenters. The summed E-state index contributed by atoms with van der Waals surface area (Å²) in [6.07, 6.45) is 0. The fraction of sp³-hybridized carbons (Fsp3) is 0.238. The number of carbonyl (C=O) groups excluding carboxylic acids is 2. The van der Waals surface area contributed by atoms with Gasteiger partial charge in [-0.1, -0.05) is 48.5 Å². The summed E-state index contributed by atoms with van der Waals surface area (Å²) in [5, 5.41) is 12.9. The van der Waals surface area contributed by atoms with E-state index >= 15 is 0 Å². The fourth-order valence-electron chi connectivity index (χ4n) is 2.95. The molecule has 0 saturated heterocycles. The minimum absolute atomic E-state index is 0.271. The summed E-state index contributed by atoms with van der Waals surface area (Å²) < 4.78 is 10.1. The van der Waals surface area contributed by atoms with Crippen LogP contribution in [0.15, 0.2) is 54.6 Å². The van der Waals surface area contributed by atoms with Crippen LogP contribution in [0.3, 0.4) is 0 Å². The molecule has 26 heavy (non-hydrogen) atoms. The summed E-state index contributed by atoms with van der Waals surface area (Å²) in [6, 6.07) is 17.2. The van der Waals surface area contributed by atoms with Gasteiger partial charge in [0.2, 0.25) is 0 Å². The van der Waals surface area contributed by atoms with Crippen molar-refractivity contribution in [2.75, 3.05) is 20.3 Å². The zero-order chi connectivity index (χ0) is 18.7. The maximum Gasteiger partial charge on any atom is 0.339 e. The van der Waals surface area contributed by atoms with Crippen molar-refractivity contribution in [2.24, 2.45) is 5.41 Å². The normalized spacial score (nSPS) is 13.3. The Hall–Kier alpha value is -2.92. The number of aliphatic hydroxyl groups is 1. The van der Waals surface area contributed by atoms with Gasteiger partial charge in [-0.2, -0.15) is 0 Å². The second-order valence-corrected chi connectivity index (χ2v) is 6.48. The highest BCUT2D eigenvalue weighted by atomic mass is 16.5. The van der Waals surface area contributed by atoms with Crippen molar-refractivity contribution >= 4 is 33.5 Å². The lowest BCUT2D eigenvalue weighted by atomic mass is 9.93. The zero-order valence-corrected chi connectivity index (χ0v) is 14.7. The van der Waals surface area contributed by atoms with E-state index in [4.69, 9.17) is 9.47 Å². The van der Waals surface area contributed by atoms with Gasteiger partial charge in [0.15, 0.2) is 0 Å². The minimum Gasteiger partial charge on any atom is -0.468 e. The molecular formula is C21H20O5. The predicted octanol–water partition coefficient (Wildman–Crippen LogP) is 3.32. The van der Waals surface area contributed by atoms with Crippen molar-refractivity contribution in [1.29, 1.82) is 0 Å². The number of hydrogen-bond acceptors (Lipinski definition) is 5. The average molecular weight is 352 g/mol. The van der Waals surface area contributed by atoms with Gasteiger partial charge in [0.05, 0.1) is 19.3 Å². The number of aliphatic hydroxyl groups excluding tert-OH is 1. The number of ether oxygens (including phenoxy) is 2. The first-order valence-electron chi connectivity index (χ1n) is 8.27. The first-order chi connectivity index (χ1) is 12.5. The number of hydrogen-bond donors (Lipinski definition) is 1. The molecule has 3 rings (SSSR count). The first kappa shape index (κ1) is 17.9. The highest BCUT2D eigenvalue weighted by Gasteiger charge is 2.36. The van der Waals surface area contributed by atoms with Gasteiger partial charge in [-0.25, -0.2) is 4.79 Å². The molecule has 1 N–H and O–H groups in total. The quantitative estimate of drug-likeness (QED) is 0.563. The molecule has 0 spiro atoms. The molecule has 0 fully saturated rings. The van der Waals surface area contributed by atoms with Gasteiger partial charge in [0, 0.05) is 0 Å². The molecule has 0 aromatic heterocycles. The fourth-order valence-corrected chi connectivity index (χ4v) is 2.95. The number of benzene rings is 3. The molecule has 0 heterocycles. The van der Waals surface area contributed by atoms with Crippen molar-refractivity contribution in [3.8, 4) is 0 Å². The third-order valence-corrected chi connectivity index (χ3v) is 4.52. The molecule has 3 aromatic carbocycles. The SMILES string of the molecule is COC(=O)C(C)(CO)COC(=O)c1c2ccccc2cc2ccccc12. The van der Waals surface area contributed by atoms with Gasteiger partial charge in [0.1, 0.15) is 12.0 Å². The molecule has 0 radical (unpaired) electrons. The van der Waals surface area contributed by atoms with E-state index < -0.39 is 24.0 Å². The smallest absolute Gasteiger partial charge is 0.339 e. The summed E-state index contributed by atoms with van der Waals surface area (Å²) >= 11 is 0. The monoisotopic (exact) mass is 352 g/mol.